The maximum absolute atomic E-state index is 13.3. The molecule has 2 aromatic rings. The second kappa shape index (κ2) is 8.84. The van der Waals surface area contributed by atoms with Gasteiger partial charge in [0.05, 0.1) is 16.7 Å². The zero-order valence-electron chi connectivity index (χ0n) is 18.2. The largest absolute Gasteiger partial charge is 0.377 e. The van der Waals surface area contributed by atoms with Crippen LogP contribution in [-0.2, 0) is 21.2 Å². The first-order valence-electron chi connectivity index (χ1n) is 11.4. The number of hydrogen-bond donors (Lipinski definition) is 0. The van der Waals surface area contributed by atoms with Gasteiger partial charge in [0, 0.05) is 51.4 Å². The lowest BCUT2D eigenvalue weighted by Gasteiger charge is -2.35. The summed E-state index contributed by atoms with van der Waals surface area (Å²) in [6.45, 7) is 5.11. The Morgan fingerprint density at radius 1 is 1.00 bits per heavy atom. The lowest BCUT2D eigenvalue weighted by atomic mass is 10.1. The summed E-state index contributed by atoms with van der Waals surface area (Å²) in [7, 11) is -3.72. The number of benzene rings is 2. The molecule has 1 unspecified atom stereocenters. The summed E-state index contributed by atoms with van der Waals surface area (Å²) in [4.78, 5) is 17.5. The Morgan fingerprint density at radius 3 is 2.59 bits per heavy atom. The summed E-state index contributed by atoms with van der Waals surface area (Å²) in [5.41, 5.74) is 2.18. The average Bonchev–Trinajstić information content (AvgIpc) is 3.49. The van der Waals surface area contributed by atoms with E-state index in [1.165, 1.54) is 10.4 Å². The van der Waals surface area contributed by atoms with Crippen LogP contribution in [0.1, 0.15) is 28.8 Å². The zero-order chi connectivity index (χ0) is 22.1. The minimum absolute atomic E-state index is 0.111. The number of piperazine rings is 1. The number of anilines is 1. The van der Waals surface area contributed by atoms with E-state index in [-0.39, 0.29) is 10.8 Å². The van der Waals surface area contributed by atoms with Crippen LogP contribution in [0.15, 0.2) is 53.4 Å². The predicted octanol–water partition coefficient (Wildman–Crippen LogP) is 2.37. The molecule has 2 saturated heterocycles. The van der Waals surface area contributed by atoms with Gasteiger partial charge in [-0.05, 0) is 49.1 Å². The van der Waals surface area contributed by atoms with Gasteiger partial charge in [-0.25, -0.2) is 8.42 Å². The Morgan fingerprint density at radius 2 is 1.81 bits per heavy atom. The average molecular weight is 456 g/mol. The monoisotopic (exact) mass is 455 g/mol. The fourth-order valence-corrected chi connectivity index (χ4v) is 6.42. The molecule has 1 amide bonds. The lowest BCUT2D eigenvalue weighted by Crippen LogP contribution is -2.50. The van der Waals surface area contributed by atoms with Gasteiger partial charge >= 0.3 is 0 Å². The highest BCUT2D eigenvalue weighted by molar-refractivity contribution is 7.92. The van der Waals surface area contributed by atoms with E-state index >= 15 is 0 Å². The van der Waals surface area contributed by atoms with E-state index in [1.54, 1.807) is 18.2 Å². The highest BCUT2D eigenvalue weighted by Gasteiger charge is 2.31. The minimum Gasteiger partial charge on any atom is -0.377 e. The van der Waals surface area contributed by atoms with Crippen LogP contribution in [0.5, 0.6) is 0 Å². The van der Waals surface area contributed by atoms with Crippen LogP contribution in [0.4, 0.5) is 5.69 Å². The van der Waals surface area contributed by atoms with Crippen LogP contribution in [0, 0.1) is 0 Å². The van der Waals surface area contributed by atoms with Crippen molar-refractivity contribution in [2.45, 2.75) is 30.3 Å². The molecule has 2 fully saturated rings. The molecule has 0 radical (unpaired) electrons. The first kappa shape index (κ1) is 21.4. The van der Waals surface area contributed by atoms with Gasteiger partial charge in [0.15, 0.2) is 0 Å². The van der Waals surface area contributed by atoms with E-state index in [9.17, 15) is 13.2 Å². The smallest absolute Gasteiger partial charge is 0.264 e. The van der Waals surface area contributed by atoms with Crippen molar-refractivity contribution in [3.8, 4) is 0 Å². The number of sulfonamides is 1. The molecule has 0 N–H and O–H groups in total. The van der Waals surface area contributed by atoms with E-state index < -0.39 is 10.0 Å². The highest BCUT2D eigenvalue weighted by Crippen LogP contribution is 2.32. The summed E-state index contributed by atoms with van der Waals surface area (Å²) in [6.07, 6.45) is 3.26. The topological polar surface area (TPSA) is 70.2 Å². The van der Waals surface area contributed by atoms with Gasteiger partial charge in [0.2, 0.25) is 0 Å². The molecule has 5 rings (SSSR count). The predicted molar refractivity (Wildman–Crippen MR) is 122 cm³/mol. The summed E-state index contributed by atoms with van der Waals surface area (Å²) in [5, 5.41) is 0. The first-order chi connectivity index (χ1) is 15.5. The Kier molecular flexibility index (Phi) is 5.92. The number of hydrogen-bond acceptors (Lipinski definition) is 5. The molecule has 0 saturated carbocycles. The number of amides is 1. The minimum atomic E-state index is -3.72. The molecule has 3 aliphatic heterocycles. The van der Waals surface area contributed by atoms with E-state index in [2.05, 4.69) is 4.90 Å². The number of rotatable bonds is 5. The van der Waals surface area contributed by atoms with Crippen molar-refractivity contribution in [3.05, 3.63) is 59.7 Å². The number of para-hydroxylation sites is 1. The SMILES string of the molecule is O=C(c1cccc(S(=O)(=O)N2CCc3ccccc32)c1)N1CCN(CC2CCCO2)CC1. The van der Waals surface area contributed by atoms with Crippen molar-refractivity contribution >= 4 is 21.6 Å². The van der Waals surface area contributed by atoms with Gasteiger partial charge in [-0.3, -0.25) is 14.0 Å². The second-order valence-corrected chi connectivity index (χ2v) is 10.6. The molecular formula is C24H29N3O4S. The molecule has 3 heterocycles. The van der Waals surface area contributed by atoms with E-state index in [1.807, 2.05) is 29.2 Å². The van der Waals surface area contributed by atoms with Gasteiger partial charge in [-0.15, -0.1) is 0 Å². The number of carbonyl (C=O) groups is 1. The van der Waals surface area contributed by atoms with Gasteiger partial charge < -0.3 is 9.64 Å². The Labute approximate surface area is 189 Å². The van der Waals surface area contributed by atoms with Crippen LogP contribution < -0.4 is 4.31 Å². The highest BCUT2D eigenvalue weighted by atomic mass is 32.2. The van der Waals surface area contributed by atoms with Gasteiger partial charge in [0.25, 0.3) is 15.9 Å². The molecule has 8 heteroatoms. The Bertz CT molecular complexity index is 1090. The molecule has 7 nitrogen and oxygen atoms in total. The molecule has 3 aliphatic rings. The molecule has 2 aromatic carbocycles. The summed E-state index contributed by atoms with van der Waals surface area (Å²) in [5.74, 6) is -0.111. The van der Waals surface area contributed by atoms with Crippen LogP contribution in [-0.4, -0.2) is 76.1 Å². The maximum Gasteiger partial charge on any atom is 0.264 e. The first-order valence-corrected chi connectivity index (χ1v) is 12.8. The van der Waals surface area contributed by atoms with E-state index in [4.69, 9.17) is 4.74 Å². The maximum atomic E-state index is 13.3. The van der Waals surface area contributed by atoms with Crippen molar-refractivity contribution in [3.63, 3.8) is 0 Å². The molecule has 0 aromatic heterocycles. The fourth-order valence-electron chi connectivity index (χ4n) is 4.87. The van der Waals surface area contributed by atoms with Crippen LogP contribution in [0.3, 0.4) is 0 Å². The third-order valence-corrected chi connectivity index (χ3v) is 8.47. The molecule has 0 aliphatic carbocycles. The number of carbonyl (C=O) groups excluding carboxylic acids is 1. The van der Waals surface area contributed by atoms with E-state index in [0.717, 1.165) is 50.3 Å². The number of nitrogens with zero attached hydrogens (tertiary/aromatic N) is 3. The third kappa shape index (κ3) is 4.14. The van der Waals surface area contributed by atoms with Crippen molar-refractivity contribution in [1.29, 1.82) is 0 Å². The van der Waals surface area contributed by atoms with Crippen molar-refractivity contribution in [2.24, 2.45) is 0 Å². The molecule has 0 spiro atoms. The molecule has 32 heavy (non-hydrogen) atoms. The van der Waals surface area contributed by atoms with Gasteiger partial charge in [-0.1, -0.05) is 24.3 Å². The van der Waals surface area contributed by atoms with Gasteiger partial charge in [-0.2, -0.15) is 0 Å². The zero-order valence-corrected chi connectivity index (χ0v) is 19.0. The van der Waals surface area contributed by atoms with Crippen molar-refractivity contribution < 1.29 is 17.9 Å². The molecule has 1 atom stereocenters. The second-order valence-electron chi connectivity index (χ2n) is 8.71. The normalized spacial score (nSPS) is 21.7. The summed E-state index contributed by atoms with van der Waals surface area (Å²) >= 11 is 0. The molecular weight excluding hydrogens is 426 g/mol. The molecule has 170 valence electrons. The fraction of sp³-hybridized carbons (Fsp3) is 0.458. The van der Waals surface area contributed by atoms with Crippen LogP contribution in [0.2, 0.25) is 0 Å². The number of ether oxygens (including phenoxy) is 1. The third-order valence-electron chi connectivity index (χ3n) is 6.66. The standard InChI is InChI=1S/C24H29N3O4S/c28-24(26-14-12-25(13-15-26)18-21-7-4-16-31-21)20-6-3-8-22(17-20)32(29,30)27-11-10-19-5-1-2-9-23(19)27/h1-3,5-6,8-9,17,21H,4,7,10-16,18H2. The quantitative estimate of drug-likeness (QED) is 0.692. The number of fused-ring (bicyclic) bond motifs is 1. The van der Waals surface area contributed by atoms with E-state index in [0.29, 0.717) is 37.7 Å². The van der Waals surface area contributed by atoms with Crippen molar-refractivity contribution in [1.82, 2.24) is 9.80 Å². The Balaban J connectivity index is 1.27. The summed E-state index contributed by atoms with van der Waals surface area (Å²) < 4.78 is 33.9. The van der Waals surface area contributed by atoms with Crippen LogP contribution in [0.25, 0.3) is 0 Å². The van der Waals surface area contributed by atoms with Crippen LogP contribution >= 0.6 is 0 Å². The summed E-state index contributed by atoms with van der Waals surface area (Å²) in [6, 6.07) is 14.0. The molecule has 0 bridgehead atoms. The van der Waals surface area contributed by atoms with Gasteiger partial charge in [0.1, 0.15) is 0 Å². The Hall–Kier alpha value is -2.42. The lowest BCUT2D eigenvalue weighted by molar-refractivity contribution is 0.0432. The van der Waals surface area contributed by atoms with Crippen molar-refractivity contribution in [2.75, 3.05) is 50.2 Å².